The molecule has 0 saturated carbocycles. The lowest BCUT2D eigenvalue weighted by atomic mass is 10.1. The van der Waals surface area contributed by atoms with Crippen LogP contribution in [0.4, 0.5) is 8.78 Å². The second-order valence-electron chi connectivity index (χ2n) is 11.1. The molecule has 0 aliphatic heterocycles. The molecule has 6 rings (SSSR count). The van der Waals surface area contributed by atoms with Crippen molar-refractivity contribution in [2.24, 2.45) is 0 Å². The molecule has 51 heavy (non-hydrogen) atoms. The van der Waals surface area contributed by atoms with E-state index in [-0.39, 0.29) is 68.1 Å². The van der Waals surface area contributed by atoms with Crippen molar-refractivity contribution in [1.82, 2.24) is 0 Å². The van der Waals surface area contributed by atoms with Crippen LogP contribution in [-0.4, -0.2) is 34.7 Å². The molecular formula is C37H26Cl2F2O8S2. The molecule has 0 radical (unpaired) electrons. The maximum atomic E-state index is 14.5. The summed E-state index contributed by atoms with van der Waals surface area (Å²) in [6.45, 7) is 3.49. The number of ketones is 2. The number of carboxylic acid groups (broad SMARTS) is 1. The number of thiophene rings is 2. The van der Waals surface area contributed by atoms with Crippen molar-refractivity contribution < 1.29 is 46.6 Å². The maximum absolute atomic E-state index is 14.5. The largest absolute Gasteiger partial charge is 0.481 e. The molecule has 0 atom stereocenters. The smallest absolute Gasteiger partial charge is 0.310 e. The molecule has 0 bridgehead atoms. The van der Waals surface area contributed by atoms with Crippen molar-refractivity contribution >= 4 is 69.4 Å². The van der Waals surface area contributed by atoms with Gasteiger partial charge in [-0.15, -0.1) is 22.7 Å². The quantitative estimate of drug-likeness (QED) is 0.102. The molecule has 262 valence electrons. The Bertz CT molecular complexity index is 2200. The number of carboxylic acids is 1. The first-order chi connectivity index (χ1) is 24.3. The van der Waals surface area contributed by atoms with Crippen LogP contribution in [0.2, 0.25) is 10.0 Å². The third-order valence-corrected chi connectivity index (χ3v) is 9.84. The summed E-state index contributed by atoms with van der Waals surface area (Å²) in [5.41, 5.74) is 1.36. The number of hydrogen-bond acceptors (Lipinski definition) is 9. The number of esters is 1. The van der Waals surface area contributed by atoms with Gasteiger partial charge in [0.05, 0.1) is 41.2 Å². The molecule has 0 aliphatic carbocycles. The Hall–Kier alpha value is -4.88. The van der Waals surface area contributed by atoms with E-state index in [0.717, 1.165) is 28.7 Å². The summed E-state index contributed by atoms with van der Waals surface area (Å²) in [4.78, 5) is 49.7. The highest BCUT2D eigenvalue weighted by atomic mass is 35.5. The first kappa shape index (κ1) is 37.4. The molecule has 0 spiro atoms. The predicted molar refractivity (Wildman–Crippen MR) is 190 cm³/mol. The topological polar surface area (TPSA) is 124 Å². The van der Waals surface area contributed by atoms with E-state index < -0.39 is 23.6 Å². The third kappa shape index (κ3) is 9.27. The molecule has 4 aromatic heterocycles. The fourth-order valence-electron chi connectivity index (χ4n) is 4.83. The summed E-state index contributed by atoms with van der Waals surface area (Å²) >= 11 is 13.7. The number of halogens is 4. The summed E-state index contributed by atoms with van der Waals surface area (Å²) < 4.78 is 44.1. The summed E-state index contributed by atoms with van der Waals surface area (Å²) in [5.74, 6) is -3.01. The molecule has 8 nitrogen and oxygen atoms in total. The molecule has 0 fully saturated rings. The predicted octanol–water partition coefficient (Wildman–Crippen LogP) is 10.2. The number of aliphatic carboxylic acids is 1. The van der Waals surface area contributed by atoms with Gasteiger partial charge < -0.3 is 18.7 Å². The standard InChI is InChI=1S/C20H16ClFO4S.C17H10ClFO4S/c1-11(2)26-18(23)9-12-8-17(19(24)16-4-3-7-25-16)27-20(12)14-6-5-13(21)10-15(14)22;18-10-3-4-11(12(19)8-10)17-9(7-15(20)21)6-14(24-17)16(22)13-2-1-5-23-13/h3-8,10-11H,9H2,1-2H3;1-6,8H,7H2,(H,20,21). The Labute approximate surface area is 307 Å². The summed E-state index contributed by atoms with van der Waals surface area (Å²) in [5, 5.41) is 9.57. The maximum Gasteiger partial charge on any atom is 0.310 e. The van der Waals surface area contributed by atoms with Crippen LogP contribution in [0.3, 0.4) is 0 Å². The first-order valence-electron chi connectivity index (χ1n) is 15.0. The number of carbonyl (C=O) groups is 4. The zero-order valence-electron chi connectivity index (χ0n) is 26.7. The van der Waals surface area contributed by atoms with E-state index in [1.807, 2.05) is 0 Å². The number of ether oxygens (including phenoxy) is 1. The van der Waals surface area contributed by atoms with Crippen LogP contribution < -0.4 is 0 Å². The second kappa shape index (κ2) is 16.4. The van der Waals surface area contributed by atoms with Crippen molar-refractivity contribution in [3.8, 4) is 20.9 Å². The zero-order valence-corrected chi connectivity index (χ0v) is 29.9. The van der Waals surface area contributed by atoms with Crippen molar-refractivity contribution in [3.05, 3.63) is 139 Å². The van der Waals surface area contributed by atoms with Crippen LogP contribution in [-0.2, 0) is 27.2 Å². The summed E-state index contributed by atoms with van der Waals surface area (Å²) in [6, 6.07) is 17.7. The second-order valence-corrected chi connectivity index (χ2v) is 14.1. The average Bonchev–Trinajstić information content (AvgIpc) is 3.89. The molecule has 0 aliphatic rings. The minimum absolute atomic E-state index is 0.0719. The Balaban J connectivity index is 0.000000199. The molecule has 1 N–H and O–H groups in total. The number of benzene rings is 2. The van der Waals surface area contributed by atoms with Gasteiger partial charge in [-0.05, 0) is 97.8 Å². The SMILES string of the molecule is CC(C)OC(=O)Cc1cc(C(=O)c2ccco2)sc1-c1ccc(Cl)cc1F.O=C(O)Cc1cc(C(=O)c2ccco2)sc1-c1ccc(Cl)cc1F. The highest BCUT2D eigenvalue weighted by Crippen LogP contribution is 2.38. The molecule has 0 amide bonds. The average molecular weight is 772 g/mol. The highest BCUT2D eigenvalue weighted by molar-refractivity contribution is 7.18. The van der Waals surface area contributed by atoms with Gasteiger partial charge in [-0.1, -0.05) is 23.2 Å². The first-order valence-corrected chi connectivity index (χ1v) is 17.4. The summed E-state index contributed by atoms with van der Waals surface area (Å²) in [6.07, 6.45) is 2.12. The molecule has 0 saturated heterocycles. The van der Waals surface area contributed by atoms with Gasteiger partial charge in [0.1, 0.15) is 11.6 Å². The lowest BCUT2D eigenvalue weighted by molar-refractivity contribution is -0.146. The zero-order chi connectivity index (χ0) is 36.8. The minimum Gasteiger partial charge on any atom is -0.481 e. The van der Waals surface area contributed by atoms with Crippen LogP contribution in [0.1, 0.15) is 55.8 Å². The van der Waals surface area contributed by atoms with Gasteiger partial charge in [0.25, 0.3) is 0 Å². The fraction of sp³-hybridized carbons (Fsp3) is 0.135. The van der Waals surface area contributed by atoms with E-state index in [1.54, 1.807) is 44.2 Å². The lowest BCUT2D eigenvalue weighted by Crippen LogP contribution is -2.13. The third-order valence-electron chi connectivity index (χ3n) is 6.95. The van der Waals surface area contributed by atoms with Gasteiger partial charge in [0.2, 0.25) is 11.6 Å². The normalized spacial score (nSPS) is 10.9. The van der Waals surface area contributed by atoms with E-state index in [2.05, 4.69) is 0 Å². The van der Waals surface area contributed by atoms with E-state index in [1.165, 1.54) is 48.9 Å². The van der Waals surface area contributed by atoms with Crippen LogP contribution in [0.15, 0.2) is 94.2 Å². The number of furan rings is 2. The van der Waals surface area contributed by atoms with Gasteiger partial charge in [-0.3, -0.25) is 19.2 Å². The molecule has 2 aromatic carbocycles. The Morgan fingerprint density at radius 2 is 1.18 bits per heavy atom. The Morgan fingerprint density at radius 3 is 1.55 bits per heavy atom. The molecular weight excluding hydrogens is 745 g/mol. The molecule has 0 unspecified atom stereocenters. The minimum atomic E-state index is -1.07. The Morgan fingerprint density at radius 1 is 0.725 bits per heavy atom. The van der Waals surface area contributed by atoms with Crippen LogP contribution in [0, 0.1) is 11.6 Å². The number of rotatable bonds is 11. The van der Waals surface area contributed by atoms with E-state index in [4.69, 9.17) is 41.9 Å². The van der Waals surface area contributed by atoms with Crippen LogP contribution in [0.25, 0.3) is 20.9 Å². The van der Waals surface area contributed by atoms with Gasteiger partial charge in [-0.25, -0.2) is 8.78 Å². The van der Waals surface area contributed by atoms with Crippen LogP contribution >= 0.6 is 45.9 Å². The van der Waals surface area contributed by atoms with Crippen LogP contribution in [0.5, 0.6) is 0 Å². The fourth-order valence-corrected chi connectivity index (χ4v) is 7.45. The van der Waals surface area contributed by atoms with Gasteiger partial charge in [-0.2, -0.15) is 0 Å². The molecule has 6 aromatic rings. The van der Waals surface area contributed by atoms with Crippen molar-refractivity contribution in [1.29, 1.82) is 0 Å². The van der Waals surface area contributed by atoms with Gasteiger partial charge in [0, 0.05) is 30.9 Å². The number of carbonyl (C=O) groups excluding carboxylic acids is 3. The van der Waals surface area contributed by atoms with Gasteiger partial charge in [0.15, 0.2) is 11.5 Å². The highest BCUT2D eigenvalue weighted by Gasteiger charge is 2.24. The van der Waals surface area contributed by atoms with E-state index >= 15 is 0 Å². The van der Waals surface area contributed by atoms with Crippen molar-refractivity contribution in [3.63, 3.8) is 0 Å². The van der Waals surface area contributed by atoms with E-state index in [9.17, 15) is 28.0 Å². The van der Waals surface area contributed by atoms with Crippen molar-refractivity contribution in [2.45, 2.75) is 32.8 Å². The van der Waals surface area contributed by atoms with Crippen molar-refractivity contribution in [2.75, 3.05) is 0 Å². The molecule has 4 heterocycles. The van der Waals surface area contributed by atoms with E-state index in [0.29, 0.717) is 25.8 Å². The summed E-state index contributed by atoms with van der Waals surface area (Å²) in [7, 11) is 0. The molecule has 14 heteroatoms. The Kier molecular flexibility index (Phi) is 12.0. The lowest BCUT2D eigenvalue weighted by Gasteiger charge is -2.09. The monoisotopic (exact) mass is 770 g/mol. The number of hydrogen-bond donors (Lipinski definition) is 1. The van der Waals surface area contributed by atoms with Gasteiger partial charge >= 0.3 is 11.9 Å².